The Kier molecular flexibility index (Phi) is 5.22. The molecule has 7 heteroatoms. The molecule has 0 spiro atoms. The SMILES string of the molecule is Cc1nn(-c2ccc(Cl)cc2)c(C)c1CC(=O)Nc1ccnn1C1CCCC1. The first-order chi connectivity index (χ1) is 13.5. The molecule has 1 aliphatic rings. The summed E-state index contributed by atoms with van der Waals surface area (Å²) in [7, 11) is 0. The van der Waals surface area contributed by atoms with Crippen LogP contribution in [0, 0.1) is 13.8 Å². The van der Waals surface area contributed by atoms with E-state index in [4.69, 9.17) is 11.6 Å². The van der Waals surface area contributed by atoms with Gasteiger partial charge in [-0.25, -0.2) is 9.36 Å². The topological polar surface area (TPSA) is 64.7 Å². The molecule has 28 heavy (non-hydrogen) atoms. The number of halogens is 1. The molecular formula is C21H24ClN5O. The maximum absolute atomic E-state index is 12.7. The average Bonchev–Trinajstić information content (AvgIpc) is 3.40. The van der Waals surface area contributed by atoms with E-state index in [1.54, 1.807) is 6.20 Å². The van der Waals surface area contributed by atoms with Crippen LogP contribution in [0.15, 0.2) is 36.5 Å². The van der Waals surface area contributed by atoms with E-state index in [2.05, 4.69) is 15.5 Å². The van der Waals surface area contributed by atoms with Crippen molar-refractivity contribution in [2.45, 2.75) is 52.0 Å². The van der Waals surface area contributed by atoms with Gasteiger partial charge < -0.3 is 5.32 Å². The number of anilines is 1. The third-order valence-corrected chi connectivity index (χ3v) is 5.71. The monoisotopic (exact) mass is 397 g/mol. The minimum Gasteiger partial charge on any atom is -0.311 e. The van der Waals surface area contributed by atoms with Crippen molar-refractivity contribution in [1.29, 1.82) is 0 Å². The van der Waals surface area contributed by atoms with Gasteiger partial charge in [0.2, 0.25) is 5.91 Å². The minimum atomic E-state index is -0.0541. The molecule has 6 nitrogen and oxygen atoms in total. The van der Waals surface area contributed by atoms with Gasteiger partial charge in [-0.15, -0.1) is 0 Å². The number of carbonyl (C=O) groups excluding carboxylic acids is 1. The lowest BCUT2D eigenvalue weighted by Crippen LogP contribution is -2.19. The molecule has 2 aromatic heterocycles. The van der Waals surface area contributed by atoms with E-state index >= 15 is 0 Å². The first-order valence-corrected chi connectivity index (χ1v) is 10.0. The summed E-state index contributed by atoms with van der Waals surface area (Å²) in [6, 6.07) is 9.78. The highest BCUT2D eigenvalue weighted by atomic mass is 35.5. The average molecular weight is 398 g/mol. The number of nitrogens with zero attached hydrogens (tertiary/aromatic N) is 4. The summed E-state index contributed by atoms with van der Waals surface area (Å²) in [5, 5.41) is 12.8. The van der Waals surface area contributed by atoms with Crippen LogP contribution in [-0.4, -0.2) is 25.5 Å². The van der Waals surface area contributed by atoms with Gasteiger partial charge in [0.15, 0.2) is 0 Å². The van der Waals surface area contributed by atoms with E-state index in [9.17, 15) is 4.79 Å². The van der Waals surface area contributed by atoms with Crippen LogP contribution in [0.5, 0.6) is 0 Å². The van der Waals surface area contributed by atoms with Gasteiger partial charge in [0.05, 0.1) is 30.0 Å². The molecule has 0 radical (unpaired) electrons. The van der Waals surface area contributed by atoms with Crippen molar-refractivity contribution in [3.63, 3.8) is 0 Å². The van der Waals surface area contributed by atoms with Crippen molar-refractivity contribution in [3.8, 4) is 5.69 Å². The molecule has 1 aliphatic carbocycles. The molecule has 1 aromatic carbocycles. The molecule has 0 atom stereocenters. The predicted molar refractivity (Wildman–Crippen MR) is 110 cm³/mol. The molecule has 1 amide bonds. The van der Waals surface area contributed by atoms with Crippen LogP contribution in [0.25, 0.3) is 5.69 Å². The molecule has 0 aliphatic heterocycles. The number of carbonyl (C=O) groups is 1. The van der Waals surface area contributed by atoms with E-state index in [1.807, 2.05) is 53.5 Å². The Morgan fingerprint density at radius 3 is 2.61 bits per heavy atom. The summed E-state index contributed by atoms with van der Waals surface area (Å²) in [4.78, 5) is 12.7. The second-order valence-electron chi connectivity index (χ2n) is 7.36. The Labute approximate surface area is 169 Å². The van der Waals surface area contributed by atoms with Gasteiger partial charge in [0, 0.05) is 22.3 Å². The number of hydrogen-bond donors (Lipinski definition) is 1. The van der Waals surface area contributed by atoms with Crippen LogP contribution >= 0.6 is 11.6 Å². The molecule has 0 bridgehead atoms. The van der Waals surface area contributed by atoms with E-state index in [0.717, 1.165) is 41.3 Å². The van der Waals surface area contributed by atoms with Crippen LogP contribution < -0.4 is 5.32 Å². The highest BCUT2D eigenvalue weighted by molar-refractivity contribution is 6.30. The number of aryl methyl sites for hydroxylation is 1. The largest absolute Gasteiger partial charge is 0.311 e. The summed E-state index contributed by atoms with van der Waals surface area (Å²) in [6.07, 6.45) is 6.72. The van der Waals surface area contributed by atoms with Gasteiger partial charge in [0.25, 0.3) is 0 Å². The van der Waals surface area contributed by atoms with Gasteiger partial charge in [0.1, 0.15) is 5.82 Å². The minimum absolute atomic E-state index is 0.0541. The van der Waals surface area contributed by atoms with Crippen LogP contribution in [0.4, 0.5) is 5.82 Å². The number of rotatable bonds is 5. The molecule has 4 rings (SSSR count). The smallest absolute Gasteiger partial charge is 0.230 e. The first kappa shape index (κ1) is 18.7. The highest BCUT2D eigenvalue weighted by Crippen LogP contribution is 2.31. The molecule has 0 saturated heterocycles. The molecule has 1 saturated carbocycles. The predicted octanol–water partition coefficient (Wildman–Crippen LogP) is 4.64. The van der Waals surface area contributed by atoms with Crippen LogP contribution in [0.2, 0.25) is 5.02 Å². The lowest BCUT2D eigenvalue weighted by Gasteiger charge is -2.14. The Hall–Kier alpha value is -2.60. The quantitative estimate of drug-likeness (QED) is 0.682. The lowest BCUT2D eigenvalue weighted by atomic mass is 10.1. The lowest BCUT2D eigenvalue weighted by molar-refractivity contribution is -0.115. The molecule has 146 valence electrons. The molecule has 3 aromatic rings. The second kappa shape index (κ2) is 7.80. The van der Waals surface area contributed by atoms with Crippen molar-refractivity contribution in [1.82, 2.24) is 19.6 Å². The molecule has 2 heterocycles. The van der Waals surface area contributed by atoms with Crippen molar-refractivity contribution in [2.75, 3.05) is 5.32 Å². The van der Waals surface area contributed by atoms with Crippen LogP contribution in [-0.2, 0) is 11.2 Å². The zero-order chi connectivity index (χ0) is 19.7. The fourth-order valence-corrected chi connectivity index (χ4v) is 4.09. The van der Waals surface area contributed by atoms with E-state index in [0.29, 0.717) is 11.1 Å². The molecule has 0 unspecified atom stereocenters. The zero-order valence-electron chi connectivity index (χ0n) is 16.2. The third-order valence-electron chi connectivity index (χ3n) is 5.46. The first-order valence-electron chi connectivity index (χ1n) is 9.67. The van der Waals surface area contributed by atoms with Crippen molar-refractivity contribution in [2.24, 2.45) is 0 Å². The van der Waals surface area contributed by atoms with Crippen molar-refractivity contribution in [3.05, 3.63) is 58.5 Å². The molecule has 1 fully saturated rings. The van der Waals surface area contributed by atoms with Gasteiger partial charge in [-0.05, 0) is 51.0 Å². The molecule has 1 N–H and O–H groups in total. The number of hydrogen-bond acceptors (Lipinski definition) is 3. The fourth-order valence-electron chi connectivity index (χ4n) is 3.97. The van der Waals surface area contributed by atoms with Crippen molar-refractivity contribution >= 4 is 23.3 Å². The fraction of sp³-hybridized carbons (Fsp3) is 0.381. The summed E-state index contributed by atoms with van der Waals surface area (Å²) < 4.78 is 3.82. The Balaban J connectivity index is 1.51. The summed E-state index contributed by atoms with van der Waals surface area (Å²) in [5.74, 6) is 0.721. The van der Waals surface area contributed by atoms with E-state index in [-0.39, 0.29) is 12.3 Å². The van der Waals surface area contributed by atoms with Crippen LogP contribution in [0.1, 0.15) is 48.7 Å². The standard InChI is InChI=1S/C21H24ClN5O/c1-14-19(15(2)26(25-14)18-9-7-16(22)8-10-18)13-21(28)24-20-11-12-23-27(20)17-5-3-4-6-17/h7-12,17H,3-6,13H2,1-2H3,(H,24,28). The number of amides is 1. The number of aromatic nitrogens is 4. The molecular weight excluding hydrogens is 374 g/mol. The maximum atomic E-state index is 12.7. The highest BCUT2D eigenvalue weighted by Gasteiger charge is 2.21. The summed E-state index contributed by atoms with van der Waals surface area (Å²) in [6.45, 7) is 3.92. The van der Waals surface area contributed by atoms with Gasteiger partial charge in [-0.2, -0.15) is 10.2 Å². The normalized spacial score (nSPS) is 14.5. The number of benzene rings is 1. The zero-order valence-corrected chi connectivity index (χ0v) is 16.9. The van der Waals surface area contributed by atoms with E-state index < -0.39 is 0 Å². The van der Waals surface area contributed by atoms with Gasteiger partial charge >= 0.3 is 0 Å². The van der Waals surface area contributed by atoms with E-state index in [1.165, 1.54) is 12.8 Å². The van der Waals surface area contributed by atoms with Gasteiger partial charge in [-0.1, -0.05) is 24.4 Å². The Morgan fingerprint density at radius 2 is 1.89 bits per heavy atom. The maximum Gasteiger partial charge on any atom is 0.230 e. The van der Waals surface area contributed by atoms with Crippen molar-refractivity contribution < 1.29 is 4.79 Å². The van der Waals surface area contributed by atoms with Gasteiger partial charge in [-0.3, -0.25) is 4.79 Å². The summed E-state index contributed by atoms with van der Waals surface area (Å²) in [5.41, 5.74) is 3.68. The Morgan fingerprint density at radius 1 is 1.18 bits per heavy atom. The second-order valence-corrected chi connectivity index (χ2v) is 7.80. The summed E-state index contributed by atoms with van der Waals surface area (Å²) >= 11 is 5.98. The number of nitrogens with one attached hydrogen (secondary N) is 1. The third kappa shape index (κ3) is 3.69. The Bertz CT molecular complexity index is 983. The van der Waals surface area contributed by atoms with Crippen LogP contribution in [0.3, 0.4) is 0 Å².